The number of phenols is 1. The van der Waals surface area contributed by atoms with Crippen molar-refractivity contribution < 1.29 is 19.1 Å². The van der Waals surface area contributed by atoms with Crippen molar-refractivity contribution in [1.29, 1.82) is 0 Å². The Kier molecular flexibility index (Phi) is 4.08. The number of halogens is 1. The molecule has 0 atom stereocenters. The molecule has 0 radical (unpaired) electrons. The zero-order valence-corrected chi connectivity index (χ0v) is 12.9. The summed E-state index contributed by atoms with van der Waals surface area (Å²) in [6, 6.07) is 5.64. The van der Waals surface area contributed by atoms with Crippen molar-refractivity contribution in [3.63, 3.8) is 0 Å². The number of fused-ring (bicyclic) bond motifs is 1. The molecule has 1 aromatic carbocycles. The van der Waals surface area contributed by atoms with E-state index in [4.69, 9.17) is 0 Å². The van der Waals surface area contributed by atoms with Gasteiger partial charge in [0.15, 0.2) is 11.6 Å². The van der Waals surface area contributed by atoms with Gasteiger partial charge in [-0.15, -0.1) is 0 Å². The second-order valence-corrected chi connectivity index (χ2v) is 6.24. The molecule has 23 heavy (non-hydrogen) atoms. The average Bonchev–Trinajstić information content (AvgIpc) is 2.86. The molecule has 1 fully saturated rings. The molecule has 1 aromatic rings. The van der Waals surface area contributed by atoms with E-state index in [-0.39, 0.29) is 29.7 Å². The van der Waals surface area contributed by atoms with Gasteiger partial charge in [0, 0.05) is 17.9 Å². The number of carbonyl (C=O) groups excluding carboxylic acids is 2. The van der Waals surface area contributed by atoms with Crippen LogP contribution in [0.4, 0.5) is 4.39 Å². The Labute approximate surface area is 134 Å². The SMILES string of the molecule is CC(=O)C1CCC(C#CN2Cc3ccc(O)c(F)c3C2=O)CC1. The highest BCUT2D eigenvalue weighted by molar-refractivity contribution is 6.00. The Morgan fingerprint density at radius 2 is 2.00 bits per heavy atom. The summed E-state index contributed by atoms with van der Waals surface area (Å²) in [5, 5.41) is 9.38. The number of aromatic hydroxyl groups is 1. The minimum atomic E-state index is -0.876. The molecule has 1 amide bonds. The lowest BCUT2D eigenvalue weighted by Gasteiger charge is -2.23. The number of hydrogen-bond donors (Lipinski definition) is 1. The predicted molar refractivity (Wildman–Crippen MR) is 81.8 cm³/mol. The third-order valence-corrected chi connectivity index (χ3v) is 4.70. The fourth-order valence-electron chi connectivity index (χ4n) is 3.25. The maximum atomic E-state index is 13.9. The Hall–Kier alpha value is -2.35. The first kappa shape index (κ1) is 15.5. The van der Waals surface area contributed by atoms with E-state index in [2.05, 4.69) is 12.0 Å². The van der Waals surface area contributed by atoms with Crippen LogP contribution < -0.4 is 0 Å². The van der Waals surface area contributed by atoms with E-state index >= 15 is 0 Å². The van der Waals surface area contributed by atoms with Gasteiger partial charge in [0.05, 0.1) is 12.1 Å². The van der Waals surface area contributed by atoms with Gasteiger partial charge < -0.3 is 5.11 Å². The molecular weight excluding hydrogens is 297 g/mol. The van der Waals surface area contributed by atoms with Gasteiger partial charge >= 0.3 is 0 Å². The Bertz CT molecular complexity index is 724. The molecule has 3 rings (SSSR count). The number of rotatable bonds is 1. The lowest BCUT2D eigenvalue weighted by Crippen LogP contribution is -2.21. The Morgan fingerprint density at radius 3 is 2.65 bits per heavy atom. The predicted octanol–water partition coefficient (Wildman–Crippen LogP) is 2.84. The second-order valence-electron chi connectivity index (χ2n) is 6.24. The molecule has 1 aliphatic carbocycles. The summed E-state index contributed by atoms with van der Waals surface area (Å²) in [7, 11) is 0. The van der Waals surface area contributed by atoms with Gasteiger partial charge in [0.2, 0.25) is 0 Å². The number of hydrogen-bond acceptors (Lipinski definition) is 3. The normalized spacial score (nSPS) is 23.2. The number of ketones is 1. The zero-order chi connectivity index (χ0) is 16.6. The van der Waals surface area contributed by atoms with Gasteiger partial charge in [-0.2, -0.15) is 0 Å². The standard InChI is InChI=1S/C18H18FNO3/c1-11(21)13-4-2-12(3-5-13)8-9-20-10-14-6-7-15(22)17(19)16(14)18(20)23/h6-7,12-13,22H,2-5,10H2,1H3. The number of carbonyl (C=O) groups is 2. The summed E-state index contributed by atoms with van der Waals surface area (Å²) in [6.07, 6.45) is 3.37. The molecule has 0 spiro atoms. The van der Waals surface area contributed by atoms with Crippen molar-refractivity contribution >= 4 is 11.7 Å². The fourth-order valence-corrected chi connectivity index (χ4v) is 3.25. The molecular formula is C18H18FNO3. The van der Waals surface area contributed by atoms with Crippen LogP contribution in [-0.4, -0.2) is 21.7 Å². The van der Waals surface area contributed by atoms with Crippen LogP contribution >= 0.6 is 0 Å². The summed E-state index contributed by atoms with van der Waals surface area (Å²) < 4.78 is 13.9. The minimum absolute atomic E-state index is 0.0837. The molecule has 1 saturated carbocycles. The van der Waals surface area contributed by atoms with E-state index in [1.807, 2.05) is 0 Å². The molecule has 1 N–H and O–H groups in total. The van der Waals surface area contributed by atoms with Crippen LogP contribution in [-0.2, 0) is 11.3 Å². The van der Waals surface area contributed by atoms with Crippen molar-refractivity contribution in [2.24, 2.45) is 11.8 Å². The minimum Gasteiger partial charge on any atom is -0.505 e. The molecule has 1 aliphatic heterocycles. The van der Waals surface area contributed by atoms with Crippen molar-refractivity contribution in [3.8, 4) is 17.7 Å². The van der Waals surface area contributed by atoms with E-state index in [1.54, 1.807) is 13.0 Å². The molecule has 0 unspecified atom stereocenters. The van der Waals surface area contributed by atoms with Crippen molar-refractivity contribution in [2.45, 2.75) is 39.2 Å². The van der Waals surface area contributed by atoms with E-state index < -0.39 is 17.5 Å². The van der Waals surface area contributed by atoms with Crippen LogP contribution in [0.25, 0.3) is 0 Å². The average molecular weight is 315 g/mol. The fraction of sp³-hybridized carbons (Fsp3) is 0.444. The second kappa shape index (κ2) is 6.04. The smallest absolute Gasteiger partial charge is 0.269 e. The largest absolute Gasteiger partial charge is 0.505 e. The summed E-state index contributed by atoms with van der Waals surface area (Å²) in [5.74, 6) is 1.73. The van der Waals surface area contributed by atoms with Crippen LogP contribution in [0.1, 0.15) is 48.5 Å². The summed E-state index contributed by atoms with van der Waals surface area (Å²) in [5.41, 5.74) is 0.458. The number of Topliss-reactive ketones (excluding diaryl/α,β-unsaturated/α-hetero) is 1. The first-order chi connectivity index (χ1) is 11.0. The van der Waals surface area contributed by atoms with Crippen LogP contribution in [0.2, 0.25) is 0 Å². The van der Waals surface area contributed by atoms with Crippen LogP contribution in [0.5, 0.6) is 5.75 Å². The monoisotopic (exact) mass is 315 g/mol. The number of amides is 1. The van der Waals surface area contributed by atoms with Crippen molar-refractivity contribution in [1.82, 2.24) is 4.90 Å². The number of benzene rings is 1. The molecule has 0 bridgehead atoms. The van der Waals surface area contributed by atoms with Gasteiger partial charge in [0.1, 0.15) is 5.78 Å². The summed E-state index contributed by atoms with van der Waals surface area (Å²) in [6.45, 7) is 1.86. The first-order valence-electron chi connectivity index (χ1n) is 7.81. The van der Waals surface area contributed by atoms with E-state index in [0.717, 1.165) is 25.7 Å². The quantitative estimate of drug-likeness (QED) is 0.811. The molecule has 2 aliphatic rings. The maximum absolute atomic E-state index is 13.9. The Morgan fingerprint density at radius 1 is 1.30 bits per heavy atom. The lowest BCUT2D eigenvalue weighted by atomic mass is 9.81. The molecule has 5 heteroatoms. The van der Waals surface area contributed by atoms with E-state index in [1.165, 1.54) is 11.0 Å². The van der Waals surface area contributed by atoms with Crippen LogP contribution in [0.15, 0.2) is 12.1 Å². The lowest BCUT2D eigenvalue weighted by molar-refractivity contribution is -0.121. The van der Waals surface area contributed by atoms with Crippen molar-refractivity contribution in [3.05, 3.63) is 29.1 Å². The van der Waals surface area contributed by atoms with Crippen LogP contribution in [0, 0.1) is 29.6 Å². The molecule has 0 saturated heterocycles. The van der Waals surface area contributed by atoms with Crippen molar-refractivity contribution in [2.75, 3.05) is 0 Å². The molecule has 0 aromatic heterocycles. The molecule has 120 valence electrons. The Balaban J connectivity index is 1.69. The highest BCUT2D eigenvalue weighted by Gasteiger charge is 2.31. The first-order valence-corrected chi connectivity index (χ1v) is 7.81. The molecule has 4 nitrogen and oxygen atoms in total. The third-order valence-electron chi connectivity index (χ3n) is 4.70. The maximum Gasteiger partial charge on any atom is 0.269 e. The summed E-state index contributed by atoms with van der Waals surface area (Å²) in [4.78, 5) is 24.9. The third kappa shape index (κ3) is 2.94. The van der Waals surface area contributed by atoms with Gasteiger partial charge in [-0.25, -0.2) is 4.39 Å². The summed E-state index contributed by atoms with van der Waals surface area (Å²) >= 11 is 0. The van der Waals surface area contributed by atoms with Gasteiger partial charge in [-0.1, -0.05) is 12.0 Å². The van der Waals surface area contributed by atoms with Crippen LogP contribution in [0.3, 0.4) is 0 Å². The van der Waals surface area contributed by atoms with Gasteiger partial charge in [0.25, 0.3) is 5.91 Å². The van der Waals surface area contributed by atoms with Gasteiger partial charge in [-0.3, -0.25) is 14.5 Å². The number of nitrogens with zero attached hydrogens (tertiary/aromatic N) is 1. The number of phenolic OH excluding ortho intramolecular Hbond substituents is 1. The highest BCUT2D eigenvalue weighted by Crippen LogP contribution is 2.31. The van der Waals surface area contributed by atoms with Gasteiger partial charge in [-0.05, 0) is 44.2 Å². The zero-order valence-electron chi connectivity index (χ0n) is 12.9. The molecule has 1 heterocycles. The van der Waals surface area contributed by atoms with E-state index in [0.29, 0.717) is 5.56 Å². The topological polar surface area (TPSA) is 57.6 Å². The van der Waals surface area contributed by atoms with E-state index in [9.17, 15) is 19.1 Å². The highest BCUT2D eigenvalue weighted by atomic mass is 19.1.